The van der Waals surface area contributed by atoms with Crippen molar-refractivity contribution in [3.63, 3.8) is 0 Å². The van der Waals surface area contributed by atoms with E-state index < -0.39 is 0 Å². The summed E-state index contributed by atoms with van der Waals surface area (Å²) < 4.78 is 6.26. The Morgan fingerprint density at radius 1 is 1.47 bits per heavy atom. The van der Waals surface area contributed by atoms with Crippen LogP contribution < -0.4 is 0 Å². The van der Waals surface area contributed by atoms with Crippen LogP contribution in [0.25, 0.3) is 11.5 Å². The molecular weight excluding hydrogens is 304 g/mol. The van der Waals surface area contributed by atoms with Crippen LogP contribution in [0.15, 0.2) is 27.2 Å². The summed E-state index contributed by atoms with van der Waals surface area (Å²) in [5.74, 6) is 1.07. The first kappa shape index (κ1) is 12.6. The molecule has 0 aliphatic heterocycles. The Hall–Kier alpha value is -0.870. The Labute approximate surface area is 113 Å². The van der Waals surface area contributed by atoms with Crippen molar-refractivity contribution < 1.29 is 4.52 Å². The summed E-state index contributed by atoms with van der Waals surface area (Å²) in [5.41, 5.74) is 2.02. The van der Waals surface area contributed by atoms with E-state index in [-0.39, 0.29) is 5.38 Å². The lowest BCUT2D eigenvalue weighted by atomic mass is 10.1. The fourth-order valence-electron chi connectivity index (χ4n) is 1.52. The maximum Gasteiger partial charge on any atom is 0.258 e. The zero-order valence-corrected chi connectivity index (χ0v) is 11.9. The molecule has 1 atom stereocenters. The lowest BCUT2D eigenvalue weighted by Gasteiger charge is -2.00. The lowest BCUT2D eigenvalue weighted by Crippen LogP contribution is -1.91. The van der Waals surface area contributed by atoms with Crippen LogP contribution in [0.4, 0.5) is 0 Å². The third kappa shape index (κ3) is 2.69. The van der Waals surface area contributed by atoms with Crippen molar-refractivity contribution in [2.24, 2.45) is 0 Å². The van der Waals surface area contributed by atoms with Crippen LogP contribution in [-0.4, -0.2) is 10.1 Å². The largest absolute Gasteiger partial charge is 0.334 e. The molecule has 0 saturated carbocycles. The van der Waals surface area contributed by atoms with Gasteiger partial charge in [-0.15, -0.1) is 11.6 Å². The molecule has 0 bridgehead atoms. The molecule has 1 aromatic heterocycles. The molecule has 2 rings (SSSR count). The standard InChI is InChI=1S/C12H12BrClN2O/c1-3-10(14)11-15-12(17-16-11)9-5-4-8(13)6-7(9)2/h4-6,10H,3H2,1-2H3. The summed E-state index contributed by atoms with van der Waals surface area (Å²) in [6.45, 7) is 3.99. The Morgan fingerprint density at radius 2 is 2.24 bits per heavy atom. The first-order chi connectivity index (χ1) is 8.11. The third-order valence-corrected chi connectivity index (χ3v) is 3.50. The molecule has 90 valence electrons. The van der Waals surface area contributed by atoms with E-state index in [2.05, 4.69) is 26.1 Å². The summed E-state index contributed by atoms with van der Waals surface area (Å²) >= 11 is 9.48. The van der Waals surface area contributed by atoms with Gasteiger partial charge in [0.25, 0.3) is 5.89 Å². The van der Waals surface area contributed by atoms with Gasteiger partial charge in [0.1, 0.15) is 0 Å². The summed E-state index contributed by atoms with van der Waals surface area (Å²) in [5, 5.41) is 3.71. The van der Waals surface area contributed by atoms with Gasteiger partial charge in [0.2, 0.25) is 0 Å². The Morgan fingerprint density at radius 3 is 2.88 bits per heavy atom. The van der Waals surface area contributed by atoms with Crippen molar-refractivity contribution >= 4 is 27.5 Å². The lowest BCUT2D eigenvalue weighted by molar-refractivity contribution is 0.421. The van der Waals surface area contributed by atoms with Crippen LogP contribution in [0.3, 0.4) is 0 Å². The van der Waals surface area contributed by atoms with Gasteiger partial charge in [-0.2, -0.15) is 4.98 Å². The molecule has 0 N–H and O–H groups in total. The Bertz CT molecular complexity index is 527. The summed E-state index contributed by atoms with van der Waals surface area (Å²) in [4.78, 5) is 4.32. The van der Waals surface area contributed by atoms with E-state index >= 15 is 0 Å². The molecule has 0 radical (unpaired) electrons. The number of aromatic nitrogens is 2. The fraction of sp³-hybridized carbons (Fsp3) is 0.333. The molecule has 2 aromatic rings. The summed E-state index contributed by atoms with van der Waals surface area (Å²) in [7, 11) is 0. The minimum atomic E-state index is -0.191. The van der Waals surface area contributed by atoms with Gasteiger partial charge in [-0.3, -0.25) is 0 Å². The van der Waals surface area contributed by atoms with E-state index in [1.807, 2.05) is 32.0 Å². The van der Waals surface area contributed by atoms with Gasteiger partial charge in [-0.25, -0.2) is 0 Å². The molecule has 5 heteroatoms. The van der Waals surface area contributed by atoms with Gasteiger partial charge in [0, 0.05) is 10.0 Å². The molecule has 0 fully saturated rings. The Balaban J connectivity index is 2.37. The van der Waals surface area contributed by atoms with Crippen LogP contribution in [0.2, 0.25) is 0 Å². The molecule has 0 aliphatic rings. The first-order valence-corrected chi connectivity index (χ1v) is 6.59. The minimum Gasteiger partial charge on any atom is -0.334 e. The molecule has 0 amide bonds. The van der Waals surface area contributed by atoms with Crippen molar-refractivity contribution in [2.45, 2.75) is 25.6 Å². The zero-order valence-electron chi connectivity index (χ0n) is 9.58. The van der Waals surface area contributed by atoms with E-state index in [1.165, 1.54) is 0 Å². The number of halogens is 2. The highest BCUT2D eigenvalue weighted by atomic mass is 79.9. The second kappa shape index (κ2) is 5.19. The van der Waals surface area contributed by atoms with Crippen LogP contribution in [-0.2, 0) is 0 Å². The number of hydrogen-bond acceptors (Lipinski definition) is 3. The van der Waals surface area contributed by atoms with Gasteiger partial charge in [0.15, 0.2) is 5.82 Å². The van der Waals surface area contributed by atoms with Crippen LogP contribution in [0, 0.1) is 6.92 Å². The number of benzene rings is 1. The van der Waals surface area contributed by atoms with Gasteiger partial charge in [0.05, 0.1) is 5.38 Å². The van der Waals surface area contributed by atoms with Crippen LogP contribution in [0.1, 0.15) is 30.1 Å². The average molecular weight is 316 g/mol. The second-order valence-corrected chi connectivity index (χ2v) is 5.24. The van der Waals surface area contributed by atoms with Crippen molar-refractivity contribution in [1.82, 2.24) is 10.1 Å². The van der Waals surface area contributed by atoms with Crippen LogP contribution >= 0.6 is 27.5 Å². The number of hydrogen-bond donors (Lipinski definition) is 0. The maximum atomic E-state index is 6.06. The van der Waals surface area contributed by atoms with E-state index in [0.717, 1.165) is 22.0 Å². The molecular formula is C12H12BrClN2O. The molecule has 1 unspecified atom stereocenters. The highest BCUT2D eigenvalue weighted by molar-refractivity contribution is 9.10. The zero-order chi connectivity index (χ0) is 12.4. The number of aryl methyl sites for hydroxylation is 1. The highest BCUT2D eigenvalue weighted by Gasteiger charge is 2.16. The van der Waals surface area contributed by atoms with Gasteiger partial charge < -0.3 is 4.52 Å². The fourth-order valence-corrected chi connectivity index (χ4v) is 2.09. The smallest absolute Gasteiger partial charge is 0.258 e. The van der Waals surface area contributed by atoms with Crippen molar-refractivity contribution in [3.8, 4) is 11.5 Å². The quantitative estimate of drug-likeness (QED) is 0.783. The topological polar surface area (TPSA) is 38.9 Å². The van der Waals surface area contributed by atoms with E-state index in [4.69, 9.17) is 16.1 Å². The molecule has 1 heterocycles. The van der Waals surface area contributed by atoms with E-state index in [9.17, 15) is 0 Å². The van der Waals surface area contributed by atoms with Crippen molar-refractivity contribution in [2.75, 3.05) is 0 Å². The molecule has 3 nitrogen and oxygen atoms in total. The molecule has 0 saturated heterocycles. The molecule has 17 heavy (non-hydrogen) atoms. The third-order valence-electron chi connectivity index (χ3n) is 2.50. The van der Waals surface area contributed by atoms with E-state index in [1.54, 1.807) is 0 Å². The van der Waals surface area contributed by atoms with Gasteiger partial charge >= 0.3 is 0 Å². The highest BCUT2D eigenvalue weighted by Crippen LogP contribution is 2.27. The number of rotatable bonds is 3. The van der Waals surface area contributed by atoms with Gasteiger partial charge in [-0.05, 0) is 37.1 Å². The number of alkyl halides is 1. The minimum absolute atomic E-state index is 0.191. The molecule has 0 aliphatic carbocycles. The van der Waals surface area contributed by atoms with Crippen molar-refractivity contribution in [3.05, 3.63) is 34.1 Å². The SMILES string of the molecule is CCC(Cl)c1noc(-c2ccc(Br)cc2C)n1. The predicted molar refractivity (Wildman–Crippen MR) is 71.1 cm³/mol. The van der Waals surface area contributed by atoms with E-state index in [0.29, 0.717) is 11.7 Å². The first-order valence-electron chi connectivity index (χ1n) is 5.36. The molecule has 1 aromatic carbocycles. The summed E-state index contributed by atoms with van der Waals surface area (Å²) in [6, 6.07) is 5.91. The Kier molecular flexibility index (Phi) is 3.84. The van der Waals surface area contributed by atoms with Crippen LogP contribution in [0.5, 0.6) is 0 Å². The average Bonchev–Trinajstić information content (AvgIpc) is 2.77. The maximum absolute atomic E-state index is 6.06. The number of nitrogens with zero attached hydrogens (tertiary/aromatic N) is 2. The second-order valence-electron chi connectivity index (χ2n) is 3.79. The molecule has 0 spiro atoms. The van der Waals surface area contributed by atoms with Crippen molar-refractivity contribution in [1.29, 1.82) is 0 Å². The summed E-state index contributed by atoms with van der Waals surface area (Å²) in [6.07, 6.45) is 0.778. The predicted octanol–water partition coefficient (Wildman–Crippen LogP) is 4.50. The van der Waals surface area contributed by atoms with Gasteiger partial charge in [-0.1, -0.05) is 28.0 Å². The normalized spacial score (nSPS) is 12.7. The monoisotopic (exact) mass is 314 g/mol.